The lowest BCUT2D eigenvalue weighted by Crippen LogP contribution is -1.99. The summed E-state index contributed by atoms with van der Waals surface area (Å²) in [5, 5.41) is 8.34. The minimum atomic E-state index is 0.720. The molecule has 2 aromatic heterocycles. The third-order valence-electron chi connectivity index (χ3n) is 3.15. The Morgan fingerprint density at radius 1 is 1.05 bits per heavy atom. The second-order valence-corrected chi connectivity index (χ2v) is 4.63. The van der Waals surface area contributed by atoms with E-state index in [1.807, 2.05) is 24.4 Å². The van der Waals surface area contributed by atoms with Crippen LogP contribution in [0.2, 0.25) is 0 Å². The van der Waals surface area contributed by atoms with Gasteiger partial charge in [-0.15, -0.1) is 5.10 Å². The maximum absolute atomic E-state index is 5.49. The molecule has 0 spiro atoms. The quantitative estimate of drug-likeness (QED) is 0.709. The van der Waals surface area contributed by atoms with E-state index >= 15 is 0 Å². The number of benzene rings is 1. The largest absolute Gasteiger partial charge is 0.330 e. The normalized spacial score (nSPS) is 11.1. The number of hydrogen-bond acceptors (Lipinski definition) is 5. The van der Waals surface area contributed by atoms with E-state index in [2.05, 4.69) is 20.3 Å². The average Bonchev–Trinajstić information content (AvgIpc) is 2.96. The van der Waals surface area contributed by atoms with Crippen LogP contribution < -0.4 is 5.73 Å². The van der Waals surface area contributed by atoms with E-state index in [9.17, 15) is 0 Å². The maximum atomic E-state index is 5.49. The fourth-order valence-electron chi connectivity index (χ4n) is 2.08. The van der Waals surface area contributed by atoms with Gasteiger partial charge in [-0.3, -0.25) is 9.97 Å². The van der Waals surface area contributed by atoms with Crippen LogP contribution >= 0.6 is 0 Å². The van der Waals surface area contributed by atoms with Crippen molar-refractivity contribution in [1.82, 2.24) is 25.0 Å². The minimum Gasteiger partial charge on any atom is -0.330 e. The number of nitrogens with zero attached hydrogens (tertiary/aromatic N) is 5. The molecule has 0 aliphatic heterocycles. The van der Waals surface area contributed by atoms with E-state index in [4.69, 9.17) is 5.73 Å². The van der Waals surface area contributed by atoms with Crippen molar-refractivity contribution in [2.45, 2.75) is 19.3 Å². The van der Waals surface area contributed by atoms with Gasteiger partial charge in [-0.1, -0.05) is 5.21 Å². The molecule has 2 N–H and O–H groups in total. The Hall–Kier alpha value is -2.34. The predicted molar refractivity (Wildman–Crippen MR) is 76.4 cm³/mol. The highest BCUT2D eigenvalue weighted by molar-refractivity contribution is 5.76. The summed E-state index contributed by atoms with van der Waals surface area (Å²) < 4.78 is 1.77. The third-order valence-corrected chi connectivity index (χ3v) is 3.15. The van der Waals surface area contributed by atoms with Crippen LogP contribution in [0.15, 0.2) is 36.8 Å². The molecule has 2 heterocycles. The van der Waals surface area contributed by atoms with Gasteiger partial charge in [0.15, 0.2) is 0 Å². The first-order chi connectivity index (χ1) is 9.86. The van der Waals surface area contributed by atoms with E-state index in [0.717, 1.165) is 48.2 Å². The summed E-state index contributed by atoms with van der Waals surface area (Å²) in [6.45, 7) is 0.720. The highest BCUT2D eigenvalue weighted by Crippen LogP contribution is 2.14. The van der Waals surface area contributed by atoms with Crippen molar-refractivity contribution in [1.29, 1.82) is 0 Å². The second kappa shape index (κ2) is 5.75. The number of hydrogen-bond donors (Lipinski definition) is 1. The van der Waals surface area contributed by atoms with Crippen LogP contribution in [-0.2, 0) is 6.42 Å². The molecule has 3 rings (SSSR count). The first kappa shape index (κ1) is 12.7. The molecule has 0 fully saturated rings. The van der Waals surface area contributed by atoms with Crippen LogP contribution in [0.4, 0.5) is 0 Å². The Balaban J connectivity index is 1.83. The number of nitrogens with two attached hydrogens (primary N) is 1. The molecule has 0 atom stereocenters. The SMILES string of the molecule is NCCCCc1cn(-c2ccc3nccnc3c2)nn1. The smallest absolute Gasteiger partial charge is 0.0908 e. The Bertz CT molecular complexity index is 705. The van der Waals surface area contributed by atoms with Gasteiger partial charge in [-0.25, -0.2) is 4.68 Å². The fraction of sp³-hybridized carbons (Fsp3) is 0.286. The summed E-state index contributed by atoms with van der Waals surface area (Å²) in [7, 11) is 0. The fourth-order valence-corrected chi connectivity index (χ4v) is 2.08. The number of unbranched alkanes of at least 4 members (excludes halogenated alkanes) is 1. The molecule has 0 bridgehead atoms. The summed E-state index contributed by atoms with van der Waals surface area (Å²) in [4.78, 5) is 8.55. The molecule has 3 aromatic rings. The third kappa shape index (κ3) is 2.65. The molecule has 102 valence electrons. The lowest BCUT2D eigenvalue weighted by molar-refractivity contribution is 0.727. The van der Waals surface area contributed by atoms with E-state index < -0.39 is 0 Å². The molecule has 0 unspecified atom stereocenters. The zero-order chi connectivity index (χ0) is 13.8. The monoisotopic (exact) mass is 268 g/mol. The van der Waals surface area contributed by atoms with Crippen LogP contribution in [0.25, 0.3) is 16.7 Å². The van der Waals surface area contributed by atoms with Gasteiger partial charge in [-0.2, -0.15) is 0 Å². The van der Waals surface area contributed by atoms with Crippen LogP contribution in [0.1, 0.15) is 18.5 Å². The van der Waals surface area contributed by atoms with Gasteiger partial charge in [0.25, 0.3) is 0 Å². The number of fused-ring (bicyclic) bond motifs is 1. The lowest BCUT2D eigenvalue weighted by Gasteiger charge is -2.01. The maximum Gasteiger partial charge on any atom is 0.0908 e. The van der Waals surface area contributed by atoms with Gasteiger partial charge in [0.2, 0.25) is 0 Å². The van der Waals surface area contributed by atoms with Crippen LogP contribution in [0.3, 0.4) is 0 Å². The topological polar surface area (TPSA) is 82.5 Å². The van der Waals surface area contributed by atoms with Crippen molar-refractivity contribution in [3.05, 3.63) is 42.5 Å². The summed E-state index contributed by atoms with van der Waals surface area (Å²) in [6, 6.07) is 5.86. The number of rotatable bonds is 5. The summed E-state index contributed by atoms with van der Waals surface area (Å²) in [5.74, 6) is 0. The minimum absolute atomic E-state index is 0.720. The van der Waals surface area contributed by atoms with E-state index in [-0.39, 0.29) is 0 Å². The van der Waals surface area contributed by atoms with Crippen LogP contribution in [-0.4, -0.2) is 31.5 Å². The molecule has 6 heteroatoms. The van der Waals surface area contributed by atoms with Crippen molar-refractivity contribution in [2.24, 2.45) is 5.73 Å². The van der Waals surface area contributed by atoms with Crippen LogP contribution in [0.5, 0.6) is 0 Å². The first-order valence-electron chi connectivity index (χ1n) is 6.69. The van der Waals surface area contributed by atoms with Crippen molar-refractivity contribution in [2.75, 3.05) is 6.54 Å². The van der Waals surface area contributed by atoms with Crippen molar-refractivity contribution in [3.63, 3.8) is 0 Å². The van der Waals surface area contributed by atoms with E-state index in [1.54, 1.807) is 17.1 Å². The Morgan fingerprint density at radius 3 is 2.75 bits per heavy atom. The molecule has 20 heavy (non-hydrogen) atoms. The van der Waals surface area contributed by atoms with Gasteiger partial charge < -0.3 is 5.73 Å². The highest BCUT2D eigenvalue weighted by atomic mass is 15.4. The Morgan fingerprint density at radius 2 is 1.90 bits per heavy atom. The summed E-state index contributed by atoms with van der Waals surface area (Å²) in [6.07, 6.45) is 8.29. The molecule has 0 amide bonds. The van der Waals surface area contributed by atoms with E-state index in [1.165, 1.54) is 0 Å². The highest BCUT2D eigenvalue weighted by Gasteiger charge is 2.04. The van der Waals surface area contributed by atoms with Crippen molar-refractivity contribution >= 4 is 11.0 Å². The van der Waals surface area contributed by atoms with Crippen LogP contribution in [0, 0.1) is 0 Å². The molecule has 0 saturated carbocycles. The molecule has 6 nitrogen and oxygen atoms in total. The van der Waals surface area contributed by atoms with Gasteiger partial charge in [0, 0.05) is 12.4 Å². The van der Waals surface area contributed by atoms with Gasteiger partial charge in [0.1, 0.15) is 0 Å². The molecule has 0 aliphatic carbocycles. The lowest BCUT2D eigenvalue weighted by atomic mass is 10.2. The average molecular weight is 268 g/mol. The summed E-state index contributed by atoms with van der Waals surface area (Å²) in [5.41, 5.74) is 9.14. The molecular weight excluding hydrogens is 252 g/mol. The molecular formula is C14H16N6. The summed E-state index contributed by atoms with van der Waals surface area (Å²) >= 11 is 0. The zero-order valence-corrected chi connectivity index (χ0v) is 11.1. The van der Waals surface area contributed by atoms with Gasteiger partial charge in [-0.05, 0) is 44.0 Å². The van der Waals surface area contributed by atoms with Gasteiger partial charge >= 0.3 is 0 Å². The van der Waals surface area contributed by atoms with Gasteiger partial charge in [0.05, 0.1) is 28.6 Å². The first-order valence-corrected chi connectivity index (χ1v) is 6.69. The Labute approximate surface area is 116 Å². The number of aromatic nitrogens is 5. The second-order valence-electron chi connectivity index (χ2n) is 4.63. The molecule has 1 aromatic carbocycles. The molecule has 0 saturated heterocycles. The van der Waals surface area contributed by atoms with Crippen molar-refractivity contribution in [3.8, 4) is 5.69 Å². The van der Waals surface area contributed by atoms with E-state index in [0.29, 0.717) is 0 Å². The predicted octanol–water partition coefficient (Wildman–Crippen LogP) is 1.49. The van der Waals surface area contributed by atoms with Crippen molar-refractivity contribution < 1.29 is 0 Å². The molecule has 0 aliphatic rings. The molecule has 0 radical (unpaired) electrons. The zero-order valence-electron chi connectivity index (χ0n) is 11.1. The Kier molecular flexibility index (Phi) is 3.64. The standard InChI is InChI=1S/C14H16N6/c15-6-2-1-3-11-10-20(19-18-11)12-4-5-13-14(9-12)17-8-7-16-13/h4-5,7-10H,1-3,6,15H2. The number of aryl methyl sites for hydroxylation is 1.